The molecule has 0 saturated heterocycles. The van der Waals surface area contributed by atoms with Gasteiger partial charge in [0.1, 0.15) is 5.69 Å². The summed E-state index contributed by atoms with van der Waals surface area (Å²) in [5, 5.41) is 5.74. The van der Waals surface area contributed by atoms with Crippen molar-refractivity contribution < 1.29 is 9.59 Å². The van der Waals surface area contributed by atoms with Gasteiger partial charge in [0.05, 0.1) is 0 Å². The first kappa shape index (κ1) is 19.6. The fourth-order valence-corrected chi connectivity index (χ4v) is 2.74. The second-order valence-corrected chi connectivity index (χ2v) is 6.72. The van der Waals surface area contributed by atoms with E-state index in [1.807, 2.05) is 51.9 Å². The second kappa shape index (κ2) is 8.58. The van der Waals surface area contributed by atoms with Gasteiger partial charge in [-0.15, -0.1) is 0 Å². The lowest BCUT2D eigenvalue weighted by Gasteiger charge is -2.13. The van der Waals surface area contributed by atoms with Crippen LogP contribution in [0.1, 0.15) is 37.5 Å². The Kier molecular flexibility index (Phi) is 6.46. The van der Waals surface area contributed by atoms with Gasteiger partial charge >= 0.3 is 0 Å². The van der Waals surface area contributed by atoms with Crippen molar-refractivity contribution in [3.8, 4) is 0 Å². The summed E-state index contributed by atoms with van der Waals surface area (Å²) in [6, 6.07) is 7.17. The number of nitrogens with one attached hydrogen (secondary N) is 2. The van der Waals surface area contributed by atoms with Crippen LogP contribution in [0.15, 0.2) is 30.5 Å². The number of carbonyl (C=O) groups excluding carboxylic acids is 2. The number of benzene rings is 1. The average Bonchev–Trinajstić information content (AvgIpc) is 2.57. The van der Waals surface area contributed by atoms with Crippen molar-refractivity contribution >= 4 is 17.5 Å². The van der Waals surface area contributed by atoms with Crippen molar-refractivity contribution in [1.29, 1.82) is 0 Å². The van der Waals surface area contributed by atoms with E-state index in [-0.39, 0.29) is 17.5 Å². The number of hydrogen-bond acceptors (Lipinski definition) is 4. The Morgan fingerprint density at radius 3 is 2.31 bits per heavy atom. The van der Waals surface area contributed by atoms with Gasteiger partial charge in [-0.05, 0) is 58.1 Å². The largest absolute Gasteiger partial charge is 0.349 e. The van der Waals surface area contributed by atoms with Crippen LogP contribution >= 0.6 is 0 Å². The van der Waals surface area contributed by atoms with Gasteiger partial charge in [0.15, 0.2) is 0 Å². The van der Waals surface area contributed by atoms with Crippen LogP contribution in [-0.2, 0) is 0 Å². The molecule has 0 spiro atoms. The van der Waals surface area contributed by atoms with E-state index in [4.69, 9.17) is 0 Å². The van der Waals surface area contributed by atoms with Gasteiger partial charge < -0.3 is 15.5 Å². The number of rotatable bonds is 6. The smallest absolute Gasteiger partial charge is 0.269 e. The highest BCUT2D eigenvalue weighted by atomic mass is 16.2. The molecule has 2 aromatic rings. The molecule has 1 aromatic heterocycles. The number of amides is 2. The first-order valence-electron chi connectivity index (χ1n) is 8.56. The first-order valence-corrected chi connectivity index (χ1v) is 8.56. The fourth-order valence-electron chi connectivity index (χ4n) is 2.74. The lowest BCUT2D eigenvalue weighted by molar-refractivity contribution is 0.0946. The van der Waals surface area contributed by atoms with Crippen molar-refractivity contribution in [2.75, 3.05) is 32.5 Å². The lowest BCUT2D eigenvalue weighted by Crippen LogP contribution is -2.32. The molecular weight excluding hydrogens is 328 g/mol. The molecular formula is C20H26N4O2. The van der Waals surface area contributed by atoms with Gasteiger partial charge in [-0.3, -0.25) is 14.6 Å². The maximum absolute atomic E-state index is 12.6. The van der Waals surface area contributed by atoms with E-state index in [9.17, 15) is 9.59 Å². The number of pyridine rings is 1. The molecule has 0 atom stereocenters. The molecule has 0 fully saturated rings. The third kappa shape index (κ3) is 5.13. The maximum Gasteiger partial charge on any atom is 0.269 e. The molecule has 1 aromatic carbocycles. The van der Waals surface area contributed by atoms with Gasteiger partial charge in [0.2, 0.25) is 0 Å². The van der Waals surface area contributed by atoms with E-state index in [1.54, 1.807) is 6.07 Å². The first-order chi connectivity index (χ1) is 12.3. The summed E-state index contributed by atoms with van der Waals surface area (Å²) in [6.07, 6.45) is 1.48. The predicted octanol–water partition coefficient (Wildman–Crippen LogP) is 2.55. The van der Waals surface area contributed by atoms with Gasteiger partial charge in [-0.1, -0.05) is 17.7 Å². The molecule has 0 aliphatic heterocycles. The highest BCUT2D eigenvalue weighted by Gasteiger charge is 2.14. The molecule has 0 aliphatic rings. The second-order valence-electron chi connectivity index (χ2n) is 6.72. The standard InChI is InChI=1S/C20H26N4O2/c1-13-10-14(2)18(15(3)11-13)23-19(25)16-6-7-21-17(12-16)20(26)22-8-9-24(4)5/h6-7,10-12H,8-9H2,1-5H3,(H,22,26)(H,23,25). The number of nitrogens with zero attached hydrogens (tertiary/aromatic N) is 2. The minimum absolute atomic E-state index is 0.230. The van der Waals surface area contributed by atoms with Crippen molar-refractivity contribution in [3.63, 3.8) is 0 Å². The highest BCUT2D eigenvalue weighted by molar-refractivity contribution is 6.06. The van der Waals surface area contributed by atoms with E-state index in [2.05, 4.69) is 15.6 Å². The zero-order valence-electron chi connectivity index (χ0n) is 16.0. The van der Waals surface area contributed by atoms with E-state index in [0.717, 1.165) is 28.9 Å². The van der Waals surface area contributed by atoms with E-state index < -0.39 is 0 Å². The molecule has 6 heteroatoms. The molecule has 138 valence electrons. The van der Waals surface area contributed by atoms with Crippen LogP contribution in [0.4, 0.5) is 5.69 Å². The Hall–Kier alpha value is -2.73. The number of likely N-dealkylation sites (N-methyl/N-ethyl adjacent to an activating group) is 1. The molecule has 26 heavy (non-hydrogen) atoms. The molecule has 0 aliphatic carbocycles. The highest BCUT2D eigenvalue weighted by Crippen LogP contribution is 2.22. The van der Waals surface area contributed by atoms with Gasteiger partial charge in [0, 0.05) is 30.5 Å². The van der Waals surface area contributed by atoms with Gasteiger partial charge in [0.25, 0.3) is 11.8 Å². The van der Waals surface area contributed by atoms with Crippen molar-refractivity contribution in [3.05, 3.63) is 58.4 Å². The summed E-state index contributed by atoms with van der Waals surface area (Å²) in [4.78, 5) is 30.8. The van der Waals surface area contributed by atoms with E-state index >= 15 is 0 Å². The molecule has 0 saturated carbocycles. The number of hydrogen-bond donors (Lipinski definition) is 2. The third-order valence-electron chi connectivity index (χ3n) is 4.01. The molecule has 2 N–H and O–H groups in total. The number of aromatic nitrogens is 1. The zero-order chi connectivity index (χ0) is 19.3. The lowest BCUT2D eigenvalue weighted by atomic mass is 10.0. The van der Waals surface area contributed by atoms with Crippen LogP contribution in [0.2, 0.25) is 0 Å². The summed E-state index contributed by atoms with van der Waals surface area (Å²) in [7, 11) is 3.87. The molecule has 0 bridgehead atoms. The summed E-state index contributed by atoms with van der Waals surface area (Å²) < 4.78 is 0. The van der Waals surface area contributed by atoms with Crippen LogP contribution in [0.3, 0.4) is 0 Å². The third-order valence-corrected chi connectivity index (χ3v) is 4.01. The van der Waals surface area contributed by atoms with Crippen LogP contribution in [0.5, 0.6) is 0 Å². The van der Waals surface area contributed by atoms with Crippen LogP contribution in [0.25, 0.3) is 0 Å². The Morgan fingerprint density at radius 1 is 1.04 bits per heavy atom. The van der Waals surface area contributed by atoms with Crippen molar-refractivity contribution in [1.82, 2.24) is 15.2 Å². The van der Waals surface area contributed by atoms with E-state index in [0.29, 0.717) is 12.1 Å². The number of carbonyl (C=O) groups is 2. The molecule has 1 heterocycles. The van der Waals surface area contributed by atoms with Crippen LogP contribution < -0.4 is 10.6 Å². The Bertz CT molecular complexity index is 792. The van der Waals surface area contributed by atoms with E-state index in [1.165, 1.54) is 12.3 Å². The predicted molar refractivity (Wildman–Crippen MR) is 104 cm³/mol. The minimum atomic E-state index is -0.288. The summed E-state index contributed by atoms with van der Waals surface area (Å²) in [5.74, 6) is -0.547. The molecule has 6 nitrogen and oxygen atoms in total. The maximum atomic E-state index is 12.6. The van der Waals surface area contributed by atoms with Crippen molar-refractivity contribution in [2.24, 2.45) is 0 Å². The SMILES string of the molecule is Cc1cc(C)c(NC(=O)c2ccnc(C(=O)NCCN(C)C)c2)c(C)c1. The van der Waals surface area contributed by atoms with Gasteiger partial charge in [-0.25, -0.2) is 0 Å². The number of aryl methyl sites for hydroxylation is 3. The molecule has 2 rings (SSSR count). The Balaban J connectivity index is 2.12. The fraction of sp³-hybridized carbons (Fsp3) is 0.350. The summed E-state index contributed by atoms with van der Waals surface area (Å²) >= 11 is 0. The van der Waals surface area contributed by atoms with Crippen LogP contribution in [0, 0.1) is 20.8 Å². The quantitative estimate of drug-likeness (QED) is 0.836. The number of anilines is 1. The normalized spacial score (nSPS) is 10.7. The Labute approximate surface area is 154 Å². The Morgan fingerprint density at radius 2 is 1.69 bits per heavy atom. The summed E-state index contributed by atoms with van der Waals surface area (Å²) in [6.45, 7) is 7.21. The molecule has 0 radical (unpaired) electrons. The summed E-state index contributed by atoms with van der Waals surface area (Å²) in [5.41, 5.74) is 4.59. The van der Waals surface area contributed by atoms with Gasteiger partial charge in [-0.2, -0.15) is 0 Å². The molecule has 2 amide bonds. The zero-order valence-corrected chi connectivity index (χ0v) is 16.0. The van der Waals surface area contributed by atoms with Crippen LogP contribution in [-0.4, -0.2) is 48.9 Å². The topological polar surface area (TPSA) is 74.3 Å². The molecule has 0 unspecified atom stereocenters. The monoisotopic (exact) mass is 354 g/mol. The minimum Gasteiger partial charge on any atom is -0.349 e. The van der Waals surface area contributed by atoms with Crippen molar-refractivity contribution in [2.45, 2.75) is 20.8 Å². The average molecular weight is 354 g/mol.